The van der Waals surface area contributed by atoms with Crippen LogP contribution >= 0.6 is 23.4 Å². The zero-order chi connectivity index (χ0) is 16.1. The molecule has 2 aromatic rings. The van der Waals surface area contributed by atoms with Gasteiger partial charge < -0.3 is 15.0 Å². The molecule has 0 saturated carbocycles. The highest BCUT2D eigenvalue weighted by Gasteiger charge is 2.17. The van der Waals surface area contributed by atoms with Crippen LogP contribution in [-0.4, -0.2) is 25.8 Å². The summed E-state index contributed by atoms with van der Waals surface area (Å²) in [6.45, 7) is 2.22. The molecule has 1 amide bonds. The molecule has 0 saturated heterocycles. The van der Waals surface area contributed by atoms with E-state index in [4.69, 9.17) is 16.7 Å². The van der Waals surface area contributed by atoms with Crippen LogP contribution in [0, 0.1) is 0 Å². The fraction of sp³-hybridized carbons (Fsp3) is 0.333. The lowest BCUT2D eigenvalue weighted by Gasteiger charge is -2.12. The summed E-state index contributed by atoms with van der Waals surface area (Å²) in [5.41, 5.74) is 1.71. The minimum atomic E-state index is -0.278. The van der Waals surface area contributed by atoms with Gasteiger partial charge in [-0.1, -0.05) is 35.5 Å². The van der Waals surface area contributed by atoms with Crippen LogP contribution < -0.4 is 5.32 Å². The van der Waals surface area contributed by atoms with Crippen molar-refractivity contribution in [3.05, 3.63) is 46.7 Å². The number of rotatable bonds is 6. The SMILES string of the molecule is CC(Sc1ncc(CO)n1C)C(=O)NCc1ccc(Cl)cc1. The van der Waals surface area contributed by atoms with Gasteiger partial charge in [-0.15, -0.1) is 0 Å². The second-order valence-electron chi connectivity index (χ2n) is 4.85. The molecule has 7 heteroatoms. The summed E-state index contributed by atoms with van der Waals surface area (Å²) in [4.78, 5) is 16.3. The molecule has 0 spiro atoms. The smallest absolute Gasteiger partial charge is 0.233 e. The minimum absolute atomic E-state index is 0.0616. The highest BCUT2D eigenvalue weighted by molar-refractivity contribution is 8.00. The number of aliphatic hydroxyl groups is 1. The third kappa shape index (κ3) is 4.25. The molecule has 0 aliphatic heterocycles. The number of amides is 1. The number of hydrogen-bond donors (Lipinski definition) is 2. The van der Waals surface area contributed by atoms with Gasteiger partial charge in [0.15, 0.2) is 5.16 Å². The summed E-state index contributed by atoms with van der Waals surface area (Å²) >= 11 is 7.19. The first-order valence-electron chi connectivity index (χ1n) is 6.81. The van der Waals surface area contributed by atoms with Crippen molar-refractivity contribution in [1.82, 2.24) is 14.9 Å². The fourth-order valence-corrected chi connectivity index (χ4v) is 2.85. The Morgan fingerprint density at radius 1 is 1.45 bits per heavy atom. The van der Waals surface area contributed by atoms with Gasteiger partial charge in [-0.05, 0) is 24.6 Å². The van der Waals surface area contributed by atoms with Crippen molar-refractivity contribution in [2.24, 2.45) is 7.05 Å². The van der Waals surface area contributed by atoms with Crippen molar-refractivity contribution in [3.63, 3.8) is 0 Å². The Kier molecular flexibility index (Phi) is 5.88. The zero-order valence-corrected chi connectivity index (χ0v) is 14.0. The monoisotopic (exact) mass is 339 g/mol. The van der Waals surface area contributed by atoms with Gasteiger partial charge >= 0.3 is 0 Å². The largest absolute Gasteiger partial charge is 0.390 e. The maximum absolute atomic E-state index is 12.1. The Bertz CT molecular complexity index is 643. The lowest BCUT2D eigenvalue weighted by atomic mass is 10.2. The molecule has 1 aromatic carbocycles. The summed E-state index contributed by atoms with van der Waals surface area (Å²) < 4.78 is 1.79. The second kappa shape index (κ2) is 7.67. The third-order valence-electron chi connectivity index (χ3n) is 3.24. The number of hydrogen-bond acceptors (Lipinski definition) is 4. The topological polar surface area (TPSA) is 67.2 Å². The fourth-order valence-electron chi connectivity index (χ4n) is 1.83. The molecular formula is C15H18ClN3O2S. The predicted molar refractivity (Wildman–Crippen MR) is 87.7 cm³/mol. The van der Waals surface area contributed by atoms with Crippen molar-refractivity contribution >= 4 is 29.3 Å². The first kappa shape index (κ1) is 16.9. The summed E-state index contributed by atoms with van der Waals surface area (Å²) in [5, 5.41) is 13.1. The summed E-state index contributed by atoms with van der Waals surface area (Å²) in [5.74, 6) is -0.0616. The number of imidazole rings is 1. The zero-order valence-electron chi connectivity index (χ0n) is 12.4. The molecule has 2 rings (SSSR count). The van der Waals surface area contributed by atoms with E-state index in [2.05, 4.69) is 10.3 Å². The Hall–Kier alpha value is -1.50. The number of carbonyl (C=O) groups excluding carboxylic acids is 1. The first-order chi connectivity index (χ1) is 10.5. The Balaban J connectivity index is 1.89. The van der Waals surface area contributed by atoms with Gasteiger partial charge in [0.2, 0.25) is 5.91 Å². The van der Waals surface area contributed by atoms with Crippen LogP contribution in [0.15, 0.2) is 35.6 Å². The van der Waals surface area contributed by atoms with Gasteiger partial charge in [0, 0.05) is 18.6 Å². The van der Waals surface area contributed by atoms with Crippen LogP contribution in [0.1, 0.15) is 18.2 Å². The molecule has 0 fully saturated rings. The van der Waals surface area contributed by atoms with Crippen LogP contribution in [-0.2, 0) is 25.0 Å². The van der Waals surface area contributed by atoms with Crippen molar-refractivity contribution in [1.29, 1.82) is 0 Å². The van der Waals surface area contributed by atoms with Gasteiger partial charge in [0.25, 0.3) is 0 Å². The van der Waals surface area contributed by atoms with Crippen LogP contribution in [0.25, 0.3) is 0 Å². The number of nitrogens with one attached hydrogen (secondary N) is 1. The van der Waals surface area contributed by atoms with E-state index in [9.17, 15) is 4.79 Å². The molecule has 118 valence electrons. The van der Waals surface area contributed by atoms with E-state index in [1.807, 2.05) is 26.1 Å². The van der Waals surface area contributed by atoms with Crippen molar-refractivity contribution in [2.45, 2.75) is 30.5 Å². The molecule has 5 nitrogen and oxygen atoms in total. The number of halogens is 1. The molecule has 1 atom stereocenters. The summed E-state index contributed by atoms with van der Waals surface area (Å²) in [7, 11) is 1.82. The average molecular weight is 340 g/mol. The van der Waals surface area contributed by atoms with Crippen molar-refractivity contribution < 1.29 is 9.90 Å². The van der Waals surface area contributed by atoms with Gasteiger partial charge in [0.1, 0.15) is 0 Å². The quantitative estimate of drug-likeness (QED) is 0.793. The van der Waals surface area contributed by atoms with E-state index in [0.717, 1.165) is 11.3 Å². The number of nitrogens with zero attached hydrogens (tertiary/aromatic N) is 2. The lowest BCUT2D eigenvalue weighted by Crippen LogP contribution is -2.30. The molecule has 0 aliphatic carbocycles. The van der Waals surface area contributed by atoms with E-state index >= 15 is 0 Å². The van der Waals surface area contributed by atoms with Gasteiger partial charge in [0.05, 0.1) is 23.7 Å². The molecule has 0 aliphatic rings. The van der Waals surface area contributed by atoms with E-state index in [-0.39, 0.29) is 17.8 Å². The molecule has 0 bridgehead atoms. The molecule has 1 heterocycles. The maximum Gasteiger partial charge on any atom is 0.233 e. The van der Waals surface area contributed by atoms with Crippen molar-refractivity contribution in [2.75, 3.05) is 0 Å². The number of aliphatic hydroxyl groups excluding tert-OH is 1. The van der Waals surface area contributed by atoms with Crippen LogP contribution in [0.5, 0.6) is 0 Å². The van der Waals surface area contributed by atoms with Crippen molar-refractivity contribution in [3.8, 4) is 0 Å². The summed E-state index contributed by atoms with van der Waals surface area (Å²) in [6, 6.07) is 7.36. The molecule has 0 radical (unpaired) electrons. The Morgan fingerprint density at radius 2 is 2.14 bits per heavy atom. The second-order valence-corrected chi connectivity index (χ2v) is 6.60. The number of aromatic nitrogens is 2. The van der Waals surface area contributed by atoms with E-state index in [1.165, 1.54) is 11.8 Å². The standard InChI is InChI=1S/C15H18ClN3O2S/c1-10(22-15-18-8-13(9-20)19(15)2)14(21)17-7-11-3-5-12(16)6-4-11/h3-6,8,10,20H,7,9H2,1-2H3,(H,17,21). The van der Waals surface area contributed by atoms with Crippen LogP contribution in [0.2, 0.25) is 5.02 Å². The molecule has 22 heavy (non-hydrogen) atoms. The van der Waals surface area contributed by atoms with E-state index in [0.29, 0.717) is 16.7 Å². The number of carbonyl (C=O) groups is 1. The number of thioether (sulfide) groups is 1. The predicted octanol–water partition coefficient (Wildman–Crippen LogP) is 2.36. The third-order valence-corrected chi connectivity index (χ3v) is 4.64. The molecular weight excluding hydrogens is 322 g/mol. The highest BCUT2D eigenvalue weighted by atomic mass is 35.5. The normalized spacial score (nSPS) is 12.2. The molecule has 2 N–H and O–H groups in total. The van der Waals surface area contributed by atoms with Gasteiger partial charge in [-0.3, -0.25) is 4.79 Å². The van der Waals surface area contributed by atoms with E-state index in [1.54, 1.807) is 22.9 Å². The highest BCUT2D eigenvalue weighted by Crippen LogP contribution is 2.22. The van der Waals surface area contributed by atoms with E-state index < -0.39 is 0 Å². The molecule has 1 aromatic heterocycles. The average Bonchev–Trinajstić information content (AvgIpc) is 2.86. The Morgan fingerprint density at radius 3 is 2.73 bits per heavy atom. The maximum atomic E-state index is 12.1. The number of benzene rings is 1. The minimum Gasteiger partial charge on any atom is -0.390 e. The molecule has 1 unspecified atom stereocenters. The lowest BCUT2D eigenvalue weighted by molar-refractivity contribution is -0.120. The first-order valence-corrected chi connectivity index (χ1v) is 8.07. The Labute approximate surface area is 138 Å². The van der Waals surface area contributed by atoms with Gasteiger partial charge in [-0.25, -0.2) is 4.98 Å². The van der Waals surface area contributed by atoms with Crippen LogP contribution in [0.4, 0.5) is 0 Å². The van der Waals surface area contributed by atoms with Crippen LogP contribution in [0.3, 0.4) is 0 Å². The summed E-state index contributed by atoms with van der Waals surface area (Å²) in [6.07, 6.45) is 1.61. The van der Waals surface area contributed by atoms with Gasteiger partial charge in [-0.2, -0.15) is 0 Å².